The fraction of sp³-hybridized carbons (Fsp3) is 0.412. The molecule has 0 aliphatic heterocycles. The second-order valence-electron chi connectivity index (χ2n) is 5.63. The summed E-state index contributed by atoms with van der Waals surface area (Å²) in [6.45, 7) is 5.51. The highest BCUT2D eigenvalue weighted by atomic mass is 35.5. The van der Waals surface area contributed by atoms with Gasteiger partial charge in [0.05, 0.1) is 18.3 Å². The lowest BCUT2D eigenvalue weighted by molar-refractivity contribution is 0.686. The van der Waals surface area contributed by atoms with Crippen molar-refractivity contribution < 1.29 is 0 Å². The highest BCUT2D eigenvalue weighted by molar-refractivity contribution is 7.13. The fourth-order valence-electron chi connectivity index (χ4n) is 2.09. The van der Waals surface area contributed by atoms with Crippen LogP contribution in [0.15, 0.2) is 34.6 Å². The first-order valence-corrected chi connectivity index (χ1v) is 9.17. The maximum atomic E-state index is 5.95. The smallest absolute Gasteiger partial charge is 0.192 e. The molecular formula is C17H24ClN5S. The number of hydrogen-bond acceptors (Lipinski definition) is 4. The van der Waals surface area contributed by atoms with Crippen LogP contribution in [0.1, 0.15) is 31.1 Å². The van der Waals surface area contributed by atoms with Crippen molar-refractivity contribution >= 4 is 34.0 Å². The van der Waals surface area contributed by atoms with E-state index in [1.807, 2.05) is 48.6 Å². The van der Waals surface area contributed by atoms with Crippen molar-refractivity contribution in [1.29, 1.82) is 0 Å². The first-order valence-electron chi connectivity index (χ1n) is 7.91. The first-order chi connectivity index (χ1) is 11.5. The molecule has 0 aliphatic carbocycles. The van der Waals surface area contributed by atoms with Gasteiger partial charge in [-0.25, -0.2) is 9.98 Å². The summed E-state index contributed by atoms with van der Waals surface area (Å²) >= 11 is 7.57. The Hall–Kier alpha value is -1.79. The first kappa shape index (κ1) is 18.5. The number of guanidine groups is 1. The minimum Gasteiger partial charge on any atom is -0.357 e. The molecular weight excluding hydrogens is 342 g/mol. The van der Waals surface area contributed by atoms with E-state index < -0.39 is 0 Å². The summed E-state index contributed by atoms with van der Waals surface area (Å²) in [5.41, 5.74) is 2.13. The zero-order valence-electron chi connectivity index (χ0n) is 14.5. The standard InChI is InChI=1S/C17H24ClN5S/c1-5-19-16(20-10-15-11-24-17(22-15)23(3)4)21-12(2)13-6-8-14(18)9-7-13/h6-9,11-12H,5,10H2,1-4H3,(H2,19,20,21). The van der Waals surface area contributed by atoms with Gasteiger partial charge in [-0.1, -0.05) is 23.7 Å². The van der Waals surface area contributed by atoms with Crippen molar-refractivity contribution in [2.24, 2.45) is 4.99 Å². The van der Waals surface area contributed by atoms with Crippen molar-refractivity contribution in [2.45, 2.75) is 26.4 Å². The van der Waals surface area contributed by atoms with Gasteiger partial charge in [0.15, 0.2) is 11.1 Å². The summed E-state index contributed by atoms with van der Waals surface area (Å²) in [4.78, 5) is 11.2. The van der Waals surface area contributed by atoms with Crippen LogP contribution < -0.4 is 15.5 Å². The zero-order chi connectivity index (χ0) is 17.5. The van der Waals surface area contributed by atoms with Crippen molar-refractivity contribution in [3.05, 3.63) is 45.9 Å². The van der Waals surface area contributed by atoms with Crippen LogP contribution in [0.5, 0.6) is 0 Å². The highest BCUT2D eigenvalue weighted by Crippen LogP contribution is 2.19. The van der Waals surface area contributed by atoms with Gasteiger partial charge in [-0.2, -0.15) is 0 Å². The SMILES string of the molecule is CCNC(=NCc1csc(N(C)C)n1)NC(C)c1ccc(Cl)cc1. The lowest BCUT2D eigenvalue weighted by Crippen LogP contribution is -2.38. The molecule has 1 atom stereocenters. The Morgan fingerprint density at radius 2 is 2.04 bits per heavy atom. The van der Waals surface area contributed by atoms with E-state index in [0.717, 1.165) is 33.9 Å². The molecule has 2 N–H and O–H groups in total. The molecule has 1 unspecified atom stereocenters. The maximum Gasteiger partial charge on any atom is 0.192 e. The molecule has 5 nitrogen and oxygen atoms in total. The lowest BCUT2D eigenvalue weighted by atomic mass is 10.1. The summed E-state index contributed by atoms with van der Waals surface area (Å²) in [6.07, 6.45) is 0. The Balaban J connectivity index is 2.02. The zero-order valence-corrected chi connectivity index (χ0v) is 16.1. The number of hydrogen-bond donors (Lipinski definition) is 2. The summed E-state index contributed by atoms with van der Waals surface area (Å²) in [6, 6.07) is 7.97. The average molecular weight is 366 g/mol. The van der Waals surface area contributed by atoms with E-state index in [9.17, 15) is 0 Å². The van der Waals surface area contributed by atoms with Gasteiger partial charge in [0.25, 0.3) is 0 Å². The predicted molar refractivity (Wildman–Crippen MR) is 104 cm³/mol. The third kappa shape index (κ3) is 5.39. The van der Waals surface area contributed by atoms with E-state index in [4.69, 9.17) is 11.6 Å². The quantitative estimate of drug-likeness (QED) is 0.605. The minimum atomic E-state index is 0.132. The number of rotatable bonds is 6. The van der Waals surface area contributed by atoms with E-state index in [1.165, 1.54) is 0 Å². The number of benzene rings is 1. The molecule has 0 amide bonds. The summed E-state index contributed by atoms with van der Waals surface area (Å²) in [7, 11) is 3.98. The molecule has 1 aromatic heterocycles. The highest BCUT2D eigenvalue weighted by Gasteiger charge is 2.08. The summed E-state index contributed by atoms with van der Waals surface area (Å²) in [5.74, 6) is 0.777. The van der Waals surface area contributed by atoms with Crippen molar-refractivity contribution in [3.63, 3.8) is 0 Å². The second-order valence-corrected chi connectivity index (χ2v) is 6.90. The molecule has 2 aromatic rings. The Kier molecular flexibility index (Phi) is 6.87. The van der Waals surface area contributed by atoms with Gasteiger partial charge in [-0.05, 0) is 31.5 Å². The van der Waals surface area contributed by atoms with E-state index in [2.05, 4.69) is 34.5 Å². The predicted octanol–water partition coefficient (Wildman–Crippen LogP) is 3.68. The van der Waals surface area contributed by atoms with Crippen LogP contribution in [-0.4, -0.2) is 31.6 Å². The largest absolute Gasteiger partial charge is 0.357 e. The van der Waals surface area contributed by atoms with Crippen LogP contribution in [0.25, 0.3) is 0 Å². The number of aromatic nitrogens is 1. The molecule has 0 bridgehead atoms. The third-order valence-corrected chi connectivity index (χ3v) is 4.70. The van der Waals surface area contributed by atoms with Gasteiger partial charge < -0.3 is 15.5 Å². The van der Waals surface area contributed by atoms with E-state index in [-0.39, 0.29) is 6.04 Å². The van der Waals surface area contributed by atoms with Crippen LogP contribution in [0.4, 0.5) is 5.13 Å². The van der Waals surface area contributed by atoms with Crippen LogP contribution in [0.3, 0.4) is 0 Å². The molecule has 1 aromatic carbocycles. The van der Waals surface area contributed by atoms with Crippen molar-refractivity contribution in [3.8, 4) is 0 Å². The van der Waals surface area contributed by atoms with Crippen LogP contribution in [-0.2, 0) is 6.54 Å². The Labute approximate surface area is 152 Å². The Morgan fingerprint density at radius 3 is 2.62 bits per heavy atom. The van der Waals surface area contributed by atoms with Gasteiger partial charge in [-0.3, -0.25) is 0 Å². The van der Waals surface area contributed by atoms with Gasteiger partial charge >= 0.3 is 0 Å². The minimum absolute atomic E-state index is 0.132. The average Bonchev–Trinajstić information content (AvgIpc) is 3.02. The molecule has 0 saturated heterocycles. The molecule has 0 spiro atoms. The normalized spacial score (nSPS) is 12.8. The van der Waals surface area contributed by atoms with Crippen LogP contribution >= 0.6 is 22.9 Å². The molecule has 0 radical (unpaired) electrons. The number of nitrogens with one attached hydrogen (secondary N) is 2. The van der Waals surface area contributed by atoms with Gasteiger partial charge in [-0.15, -0.1) is 11.3 Å². The fourth-order valence-corrected chi connectivity index (χ4v) is 2.97. The van der Waals surface area contributed by atoms with Gasteiger partial charge in [0, 0.05) is 31.0 Å². The van der Waals surface area contributed by atoms with E-state index >= 15 is 0 Å². The second kappa shape index (κ2) is 8.89. The molecule has 24 heavy (non-hydrogen) atoms. The number of anilines is 1. The molecule has 1 heterocycles. The van der Waals surface area contributed by atoms with Crippen molar-refractivity contribution in [1.82, 2.24) is 15.6 Å². The third-order valence-electron chi connectivity index (χ3n) is 3.39. The topological polar surface area (TPSA) is 52.6 Å². The van der Waals surface area contributed by atoms with E-state index in [1.54, 1.807) is 11.3 Å². The number of nitrogens with zero attached hydrogens (tertiary/aromatic N) is 3. The molecule has 7 heteroatoms. The van der Waals surface area contributed by atoms with Gasteiger partial charge in [0.2, 0.25) is 0 Å². The maximum absolute atomic E-state index is 5.95. The lowest BCUT2D eigenvalue weighted by Gasteiger charge is -2.18. The molecule has 0 aliphatic rings. The number of thiazole rings is 1. The molecule has 2 rings (SSSR count). The van der Waals surface area contributed by atoms with Crippen LogP contribution in [0.2, 0.25) is 5.02 Å². The number of aliphatic imine (C=N–C) groups is 1. The molecule has 0 saturated carbocycles. The van der Waals surface area contributed by atoms with Crippen LogP contribution in [0, 0.1) is 0 Å². The molecule has 130 valence electrons. The van der Waals surface area contributed by atoms with E-state index in [0.29, 0.717) is 6.54 Å². The monoisotopic (exact) mass is 365 g/mol. The Bertz CT molecular complexity index is 666. The van der Waals surface area contributed by atoms with Gasteiger partial charge in [0.1, 0.15) is 0 Å². The van der Waals surface area contributed by atoms with Crippen molar-refractivity contribution in [2.75, 3.05) is 25.5 Å². The Morgan fingerprint density at radius 1 is 1.33 bits per heavy atom. The summed E-state index contributed by atoms with van der Waals surface area (Å²) < 4.78 is 0. The number of halogens is 1. The summed E-state index contributed by atoms with van der Waals surface area (Å²) in [5, 5.41) is 10.5. The molecule has 0 fully saturated rings.